The first-order valence-electron chi connectivity index (χ1n) is 10.4. The topological polar surface area (TPSA) is 282 Å². The third-order valence-corrected chi connectivity index (χ3v) is 7.46. The smallest absolute Gasteiger partial charge is 0.387 e. The molecule has 37 heavy (non-hydrogen) atoms. The molecule has 0 radical (unpaired) electrons. The van der Waals surface area contributed by atoms with Crippen LogP contribution in [0.3, 0.4) is 0 Å². The van der Waals surface area contributed by atoms with E-state index in [0.29, 0.717) is 0 Å². The Morgan fingerprint density at radius 1 is 0.892 bits per heavy atom. The van der Waals surface area contributed by atoms with E-state index in [1.165, 1.54) is 10.9 Å². The molecule has 2 aliphatic rings. The number of rotatable bonds is 7. The molecular weight excluding hydrogens is 544 g/mol. The number of hydrogen-bond donors (Lipinski definition) is 8. The number of aliphatic hydroxyl groups excluding tert-OH is 5. The van der Waals surface area contributed by atoms with Crippen LogP contribution >= 0.6 is 15.2 Å². The highest BCUT2D eigenvalue weighted by molar-refractivity contribution is 7.62. The average molecular weight is 567 g/mol. The molecule has 18 nitrogen and oxygen atoms in total. The Morgan fingerprint density at radius 2 is 1.46 bits per heavy atom. The molecule has 0 aliphatic carbocycles. The Morgan fingerprint density at radius 3 is 2.03 bits per heavy atom. The van der Waals surface area contributed by atoms with Crippen molar-refractivity contribution < 1.29 is 63.0 Å². The molecule has 20 heteroatoms. The molecule has 0 amide bonds. The first kappa shape index (κ1) is 28.0. The van der Waals surface area contributed by atoms with E-state index in [0.717, 1.165) is 6.33 Å². The number of nitrogen functional groups attached to an aromatic ring is 1. The molecule has 10 atom stereocenters. The number of nitrogens with two attached hydrogens (primary N) is 1. The summed E-state index contributed by atoms with van der Waals surface area (Å²) in [7, 11) is -9.69. The van der Waals surface area contributed by atoms with Gasteiger partial charge in [-0.05, 0) is 0 Å². The van der Waals surface area contributed by atoms with E-state index in [4.69, 9.17) is 19.7 Å². The van der Waals surface area contributed by atoms with Crippen molar-refractivity contribution in [3.63, 3.8) is 0 Å². The summed E-state index contributed by atoms with van der Waals surface area (Å²) < 4.78 is 45.2. The molecule has 3 unspecified atom stereocenters. The molecule has 0 spiro atoms. The molecule has 2 aromatic rings. The monoisotopic (exact) mass is 567 g/mol. The molecule has 9 N–H and O–H groups in total. The van der Waals surface area contributed by atoms with E-state index >= 15 is 0 Å². The fourth-order valence-electron chi connectivity index (χ4n) is 3.56. The van der Waals surface area contributed by atoms with E-state index in [9.17, 15) is 44.4 Å². The van der Waals surface area contributed by atoms with E-state index in [-0.39, 0.29) is 17.0 Å². The number of fused-ring (bicyclic) bond motifs is 1. The first-order valence-corrected chi connectivity index (χ1v) is 13.6. The summed E-state index contributed by atoms with van der Waals surface area (Å²) in [5.74, 6) is 0.0729. The van der Waals surface area contributed by atoms with E-state index in [1.54, 1.807) is 11.3 Å². The summed E-state index contributed by atoms with van der Waals surface area (Å²) in [6.07, 6.45) is -9.60. The van der Waals surface area contributed by atoms with Gasteiger partial charge in [0.15, 0.2) is 24.0 Å². The Bertz CT molecular complexity index is 1300. The Hall–Kier alpha value is -2.07. The first-order chi connectivity index (χ1) is 17.3. The molecule has 4 rings (SSSR count). The number of ether oxygens (including phenoxy) is 2. The molecular formula is C17H23N5O13P2. The van der Waals surface area contributed by atoms with Gasteiger partial charge in [-0.25, -0.2) is 24.1 Å². The molecule has 0 aromatic carbocycles. The van der Waals surface area contributed by atoms with Gasteiger partial charge >= 0.3 is 15.2 Å². The van der Waals surface area contributed by atoms with Crippen molar-refractivity contribution in [2.24, 2.45) is 0 Å². The van der Waals surface area contributed by atoms with Crippen molar-refractivity contribution in [3.8, 4) is 11.3 Å². The summed E-state index contributed by atoms with van der Waals surface area (Å²) in [5, 5.41) is 49.1. The summed E-state index contributed by atoms with van der Waals surface area (Å²) in [5.41, 5.74) is 9.28. The van der Waals surface area contributed by atoms with Crippen molar-refractivity contribution in [3.05, 3.63) is 12.7 Å². The number of nitrogens with zero attached hydrogens (tertiary/aromatic N) is 4. The van der Waals surface area contributed by atoms with Crippen LogP contribution in [0.25, 0.3) is 11.2 Å². The van der Waals surface area contributed by atoms with Gasteiger partial charge in [-0.1, -0.05) is 0 Å². The minimum Gasteiger partial charge on any atom is -0.387 e. The summed E-state index contributed by atoms with van der Waals surface area (Å²) in [6.45, 7) is -1.54. The van der Waals surface area contributed by atoms with Crippen LogP contribution in [0.5, 0.6) is 0 Å². The van der Waals surface area contributed by atoms with Gasteiger partial charge in [-0.3, -0.25) is 13.6 Å². The number of anilines is 1. The normalized spacial score (nSPS) is 35.1. The highest BCUT2D eigenvalue weighted by Crippen LogP contribution is 2.47. The van der Waals surface area contributed by atoms with Gasteiger partial charge in [0.25, 0.3) is 0 Å². The largest absolute Gasteiger partial charge is 0.403 e. The number of hydrogen-bond acceptors (Lipinski definition) is 15. The third kappa shape index (κ3) is 6.00. The Kier molecular flexibility index (Phi) is 8.00. The van der Waals surface area contributed by atoms with Gasteiger partial charge in [0, 0.05) is 11.3 Å². The molecule has 2 aromatic heterocycles. The molecule has 0 bridgehead atoms. The average Bonchev–Trinajstić information content (AvgIpc) is 3.47. The standard InChI is InChI=1S/C17H23N5O13P2/c18-14-9-15(20-5-19-14)22(6-21-9)16-12(25)10(23)7(34-16)3-32-36(28,29)1-2-37(30,31)33-4-8-11(24)13(26)17(27)35-8/h5-8,10-13,16-17,23-27H,3-4H2,(H,28,29)(H,30,31)(H2,18,19,20)/t7-,8-,10-,11-,12-,13-,16-,17?/m1/s1. The van der Waals surface area contributed by atoms with E-state index in [1.807, 2.05) is 0 Å². The van der Waals surface area contributed by atoms with Crippen LogP contribution in [0.15, 0.2) is 12.7 Å². The Labute approximate surface area is 207 Å². The van der Waals surface area contributed by atoms with Gasteiger partial charge < -0.3 is 50.5 Å². The number of aliphatic hydroxyl groups is 5. The summed E-state index contributed by atoms with van der Waals surface area (Å²) >= 11 is 0. The van der Waals surface area contributed by atoms with Gasteiger partial charge in [0.2, 0.25) is 0 Å². The summed E-state index contributed by atoms with van der Waals surface area (Å²) in [4.78, 5) is 31.5. The zero-order valence-corrected chi connectivity index (χ0v) is 20.3. The van der Waals surface area contributed by atoms with Gasteiger partial charge in [-0.15, -0.1) is 0 Å². The SMILES string of the molecule is Nc1ncnc2c1ncn2[C@@H]1O[C@H](COP(=O)(O)C#CP(=O)(O)OC[C@H]2OC(O)[C@H](O)[C@@H]2O)[C@@H](O)[C@H]1O. The van der Waals surface area contributed by atoms with Crippen molar-refractivity contribution >= 4 is 32.2 Å². The maximum absolute atomic E-state index is 12.2. The fraction of sp³-hybridized carbons (Fsp3) is 0.588. The number of aromatic nitrogens is 4. The molecule has 4 heterocycles. The molecule has 2 aliphatic heterocycles. The predicted molar refractivity (Wildman–Crippen MR) is 118 cm³/mol. The van der Waals surface area contributed by atoms with Gasteiger partial charge in [0.05, 0.1) is 19.5 Å². The lowest BCUT2D eigenvalue weighted by Gasteiger charge is -2.16. The second kappa shape index (κ2) is 10.6. The molecule has 204 valence electrons. The minimum absolute atomic E-state index is 0.0729. The lowest BCUT2D eigenvalue weighted by Crippen LogP contribution is -2.34. The predicted octanol–water partition coefficient (Wildman–Crippen LogP) is -3.21. The Balaban J connectivity index is 1.35. The van der Waals surface area contributed by atoms with Gasteiger partial charge in [-0.2, -0.15) is 0 Å². The maximum atomic E-state index is 12.2. The van der Waals surface area contributed by atoms with E-state index < -0.39 is 77.5 Å². The quantitative estimate of drug-likeness (QED) is 0.121. The molecule has 0 saturated carbocycles. The van der Waals surface area contributed by atoms with Crippen molar-refractivity contribution in [1.29, 1.82) is 0 Å². The van der Waals surface area contributed by atoms with Crippen LogP contribution in [0.1, 0.15) is 6.23 Å². The van der Waals surface area contributed by atoms with Crippen LogP contribution in [0.4, 0.5) is 5.82 Å². The highest BCUT2D eigenvalue weighted by Gasteiger charge is 2.45. The van der Waals surface area contributed by atoms with Crippen LogP contribution in [0, 0.1) is 11.3 Å². The minimum atomic E-state index is -4.86. The molecule has 2 fully saturated rings. The molecule has 2 saturated heterocycles. The number of imidazole rings is 1. The van der Waals surface area contributed by atoms with Crippen LogP contribution < -0.4 is 5.73 Å². The lowest BCUT2D eigenvalue weighted by molar-refractivity contribution is -0.131. The zero-order chi connectivity index (χ0) is 27.1. The van der Waals surface area contributed by atoms with Gasteiger partial charge in [0.1, 0.15) is 48.5 Å². The third-order valence-electron chi connectivity index (χ3n) is 5.50. The van der Waals surface area contributed by atoms with Crippen molar-refractivity contribution in [2.75, 3.05) is 18.9 Å². The highest BCUT2D eigenvalue weighted by atomic mass is 31.2. The zero-order valence-electron chi connectivity index (χ0n) is 18.5. The van der Waals surface area contributed by atoms with E-state index in [2.05, 4.69) is 19.5 Å². The second-order valence-corrected chi connectivity index (χ2v) is 11.1. The fourth-order valence-corrected chi connectivity index (χ4v) is 5.40. The maximum Gasteiger partial charge on any atom is 0.403 e. The lowest BCUT2D eigenvalue weighted by atomic mass is 10.1. The van der Waals surface area contributed by atoms with Crippen molar-refractivity contribution in [1.82, 2.24) is 19.5 Å². The van der Waals surface area contributed by atoms with Crippen LogP contribution in [0.2, 0.25) is 0 Å². The second-order valence-electron chi connectivity index (χ2n) is 8.03. The van der Waals surface area contributed by atoms with Crippen LogP contribution in [-0.4, -0.2) is 111 Å². The van der Waals surface area contributed by atoms with Crippen LogP contribution in [-0.2, 0) is 27.7 Å². The van der Waals surface area contributed by atoms with Crippen molar-refractivity contribution in [2.45, 2.75) is 49.1 Å². The summed E-state index contributed by atoms with van der Waals surface area (Å²) in [6, 6.07) is 0.